The lowest BCUT2D eigenvalue weighted by molar-refractivity contribution is -0.139. The van der Waals surface area contributed by atoms with Crippen LogP contribution < -0.4 is 19.1 Å². The van der Waals surface area contributed by atoms with Crippen LogP contribution in [0.15, 0.2) is 71.6 Å². The molecule has 0 bridgehead atoms. The Morgan fingerprint density at radius 1 is 0.909 bits per heavy atom. The van der Waals surface area contributed by atoms with E-state index in [4.69, 9.17) is 32.7 Å². The first kappa shape index (κ1) is 33.4. The maximum Gasteiger partial charge on any atom is 0.264 e. The van der Waals surface area contributed by atoms with Crippen LogP contribution in [0.1, 0.15) is 44.6 Å². The fourth-order valence-electron chi connectivity index (χ4n) is 5.23. The number of anilines is 1. The van der Waals surface area contributed by atoms with Crippen LogP contribution in [0.25, 0.3) is 0 Å². The molecule has 0 heterocycles. The first-order chi connectivity index (χ1) is 21.1. The average molecular weight is 663 g/mol. The first-order valence-corrected chi connectivity index (χ1v) is 16.6. The molecule has 236 valence electrons. The lowest BCUT2D eigenvalue weighted by Crippen LogP contribution is -2.53. The second-order valence-corrected chi connectivity index (χ2v) is 13.3. The summed E-state index contributed by atoms with van der Waals surface area (Å²) in [5, 5.41) is 3.72. The maximum absolute atomic E-state index is 14.2. The van der Waals surface area contributed by atoms with Crippen molar-refractivity contribution in [1.82, 2.24) is 10.2 Å². The Labute approximate surface area is 269 Å². The maximum atomic E-state index is 14.2. The minimum Gasteiger partial charge on any atom is -0.493 e. The summed E-state index contributed by atoms with van der Waals surface area (Å²) in [5.74, 6) is -0.285. The van der Waals surface area contributed by atoms with Crippen molar-refractivity contribution in [2.24, 2.45) is 0 Å². The quantitative estimate of drug-likeness (QED) is 0.253. The number of nitrogens with zero attached hydrogens (tertiary/aromatic N) is 2. The molecule has 4 rings (SSSR count). The molecular formula is C32H37Cl2N3O6S. The second-order valence-electron chi connectivity index (χ2n) is 10.6. The van der Waals surface area contributed by atoms with Crippen molar-refractivity contribution >= 4 is 50.7 Å². The summed E-state index contributed by atoms with van der Waals surface area (Å²) in [6.45, 7) is 0.894. The summed E-state index contributed by atoms with van der Waals surface area (Å²) in [6.07, 6.45) is 4.90. The van der Waals surface area contributed by atoms with E-state index in [0.717, 1.165) is 36.4 Å². The third-order valence-electron chi connectivity index (χ3n) is 7.77. The van der Waals surface area contributed by atoms with E-state index in [1.807, 2.05) is 0 Å². The fraction of sp³-hybridized carbons (Fsp3) is 0.375. The number of amides is 2. The third kappa shape index (κ3) is 7.78. The molecule has 0 radical (unpaired) electrons. The molecule has 1 saturated carbocycles. The van der Waals surface area contributed by atoms with Crippen LogP contribution in [0.5, 0.6) is 11.5 Å². The van der Waals surface area contributed by atoms with Gasteiger partial charge in [0, 0.05) is 34.3 Å². The van der Waals surface area contributed by atoms with Gasteiger partial charge in [0.15, 0.2) is 11.5 Å². The van der Waals surface area contributed by atoms with Gasteiger partial charge in [-0.25, -0.2) is 8.42 Å². The number of methoxy groups -OCH3 is 2. The number of sulfonamides is 1. The van der Waals surface area contributed by atoms with E-state index in [1.165, 1.54) is 43.4 Å². The van der Waals surface area contributed by atoms with E-state index >= 15 is 0 Å². The molecule has 1 aliphatic rings. The number of hydrogen-bond donors (Lipinski definition) is 1. The number of nitrogens with one attached hydrogen (secondary N) is 1. The summed E-state index contributed by atoms with van der Waals surface area (Å²) in [7, 11) is -1.34. The predicted octanol–water partition coefficient (Wildman–Crippen LogP) is 6.07. The molecule has 12 heteroatoms. The molecule has 3 aromatic carbocycles. The zero-order valence-electron chi connectivity index (χ0n) is 25.0. The van der Waals surface area contributed by atoms with Crippen LogP contribution in [-0.2, 0) is 26.2 Å². The standard InChI is InChI=1S/C32H37Cl2N3O6S/c1-22(32(39)35-23-11-6-4-7-12-23)36(20-26-27(33)15-10-16-28(26)34)31(38)21-37(44(40,41)25-13-8-5-9-14-25)24-17-18-29(42-2)30(19-24)43-3/h5,8-10,13-19,22-23H,4,6-7,11-12,20-21H2,1-3H3,(H,35,39)/t22-/m1/s1. The molecule has 0 spiro atoms. The highest BCUT2D eigenvalue weighted by atomic mass is 35.5. The van der Waals surface area contributed by atoms with Gasteiger partial charge >= 0.3 is 0 Å². The summed E-state index contributed by atoms with van der Waals surface area (Å²) >= 11 is 13.0. The molecule has 3 aromatic rings. The molecule has 1 fully saturated rings. The van der Waals surface area contributed by atoms with E-state index in [-0.39, 0.29) is 34.8 Å². The van der Waals surface area contributed by atoms with Crippen molar-refractivity contribution in [2.45, 2.75) is 62.6 Å². The molecule has 1 N–H and O–H groups in total. The SMILES string of the molecule is COc1ccc(N(CC(=O)N(Cc2c(Cl)cccc2Cl)[C@H](C)C(=O)NC2CCCCC2)S(=O)(=O)c2ccccc2)cc1OC. The lowest BCUT2D eigenvalue weighted by atomic mass is 9.95. The van der Waals surface area contributed by atoms with Gasteiger partial charge in [-0.05, 0) is 56.2 Å². The van der Waals surface area contributed by atoms with Gasteiger partial charge in [-0.15, -0.1) is 0 Å². The number of rotatable bonds is 12. The highest BCUT2D eigenvalue weighted by Crippen LogP contribution is 2.34. The summed E-state index contributed by atoms with van der Waals surface area (Å²) < 4.78 is 39.8. The number of halogens is 2. The molecule has 0 aliphatic heterocycles. The van der Waals surface area contributed by atoms with Gasteiger partial charge in [-0.3, -0.25) is 13.9 Å². The van der Waals surface area contributed by atoms with Crippen LogP contribution in [-0.4, -0.2) is 58.0 Å². The number of carbonyl (C=O) groups excluding carboxylic acids is 2. The van der Waals surface area contributed by atoms with Gasteiger partial charge in [-0.1, -0.05) is 66.7 Å². The van der Waals surface area contributed by atoms with E-state index in [1.54, 1.807) is 49.4 Å². The van der Waals surface area contributed by atoms with E-state index < -0.39 is 28.5 Å². The van der Waals surface area contributed by atoms with Gasteiger partial charge in [-0.2, -0.15) is 0 Å². The number of hydrogen-bond acceptors (Lipinski definition) is 6. The molecule has 0 saturated heterocycles. The molecule has 44 heavy (non-hydrogen) atoms. The third-order valence-corrected chi connectivity index (χ3v) is 10.3. The van der Waals surface area contributed by atoms with Gasteiger partial charge in [0.2, 0.25) is 11.8 Å². The van der Waals surface area contributed by atoms with Crippen molar-refractivity contribution in [3.05, 3.63) is 82.3 Å². The Bertz CT molecular complexity index is 1550. The first-order valence-electron chi connectivity index (χ1n) is 14.4. The van der Waals surface area contributed by atoms with Crippen LogP contribution in [0.3, 0.4) is 0 Å². The zero-order chi connectivity index (χ0) is 31.9. The van der Waals surface area contributed by atoms with Gasteiger partial charge in [0.05, 0.1) is 24.8 Å². The van der Waals surface area contributed by atoms with E-state index in [0.29, 0.717) is 21.4 Å². The Hall–Kier alpha value is -3.47. The van der Waals surface area contributed by atoms with E-state index in [9.17, 15) is 18.0 Å². The number of benzene rings is 3. The minimum atomic E-state index is -4.25. The van der Waals surface area contributed by atoms with Crippen LogP contribution in [0.4, 0.5) is 5.69 Å². The van der Waals surface area contributed by atoms with Crippen molar-refractivity contribution in [3.63, 3.8) is 0 Å². The summed E-state index contributed by atoms with van der Waals surface area (Å²) in [6, 6.07) is 16.4. The Morgan fingerprint density at radius 3 is 2.16 bits per heavy atom. The largest absolute Gasteiger partial charge is 0.493 e. The van der Waals surface area contributed by atoms with Crippen LogP contribution in [0, 0.1) is 0 Å². The Kier molecular flexibility index (Phi) is 11.4. The fourth-order valence-corrected chi connectivity index (χ4v) is 7.18. The second kappa shape index (κ2) is 15.0. The number of ether oxygens (including phenoxy) is 2. The van der Waals surface area contributed by atoms with Gasteiger partial charge in [0.25, 0.3) is 10.0 Å². The van der Waals surface area contributed by atoms with Crippen molar-refractivity contribution in [3.8, 4) is 11.5 Å². The van der Waals surface area contributed by atoms with Crippen molar-refractivity contribution < 1.29 is 27.5 Å². The molecule has 1 atom stereocenters. The highest BCUT2D eigenvalue weighted by Gasteiger charge is 2.34. The van der Waals surface area contributed by atoms with Gasteiger partial charge < -0.3 is 19.7 Å². The lowest BCUT2D eigenvalue weighted by Gasteiger charge is -2.33. The van der Waals surface area contributed by atoms with Crippen LogP contribution in [0.2, 0.25) is 10.0 Å². The zero-order valence-corrected chi connectivity index (χ0v) is 27.3. The topological polar surface area (TPSA) is 105 Å². The number of carbonyl (C=O) groups is 2. The molecule has 9 nitrogen and oxygen atoms in total. The predicted molar refractivity (Wildman–Crippen MR) is 172 cm³/mol. The monoisotopic (exact) mass is 661 g/mol. The van der Waals surface area contributed by atoms with E-state index in [2.05, 4.69) is 5.32 Å². The Balaban J connectivity index is 1.74. The molecule has 0 aromatic heterocycles. The van der Waals surface area contributed by atoms with Gasteiger partial charge in [0.1, 0.15) is 12.6 Å². The average Bonchev–Trinajstić information content (AvgIpc) is 3.03. The molecule has 1 aliphatic carbocycles. The van der Waals surface area contributed by atoms with Crippen molar-refractivity contribution in [1.29, 1.82) is 0 Å². The normalized spacial score (nSPS) is 14.4. The highest BCUT2D eigenvalue weighted by molar-refractivity contribution is 7.92. The smallest absolute Gasteiger partial charge is 0.264 e. The molecular weight excluding hydrogens is 625 g/mol. The molecule has 2 amide bonds. The van der Waals surface area contributed by atoms with Crippen molar-refractivity contribution in [2.75, 3.05) is 25.1 Å². The summed E-state index contributed by atoms with van der Waals surface area (Å²) in [5.41, 5.74) is 0.625. The van der Waals surface area contributed by atoms with Crippen LogP contribution >= 0.6 is 23.2 Å². The Morgan fingerprint density at radius 2 is 1.55 bits per heavy atom. The minimum absolute atomic E-state index is 0.00799. The molecule has 0 unspecified atom stereocenters. The summed E-state index contributed by atoms with van der Waals surface area (Å²) in [4.78, 5) is 29.1.